The molecule has 1 aliphatic rings. The van der Waals surface area contributed by atoms with E-state index in [2.05, 4.69) is 45.4 Å². The number of aromatic nitrogens is 3. The minimum Gasteiger partial charge on any atom is -0.368 e. The van der Waals surface area contributed by atoms with Crippen molar-refractivity contribution in [2.45, 2.75) is 26.0 Å². The van der Waals surface area contributed by atoms with Crippen LogP contribution in [0.1, 0.15) is 29.9 Å². The Morgan fingerprint density at radius 2 is 2.40 bits per heavy atom. The summed E-state index contributed by atoms with van der Waals surface area (Å²) in [6.45, 7) is 4.32. The monoisotopic (exact) mass is 276 g/mol. The molecule has 2 aromatic heterocycles. The van der Waals surface area contributed by atoms with E-state index >= 15 is 0 Å². The van der Waals surface area contributed by atoms with Crippen LogP contribution >= 0.6 is 0 Å². The molecule has 0 radical (unpaired) electrons. The van der Waals surface area contributed by atoms with Crippen LogP contribution in [0, 0.1) is 12.8 Å². The van der Waals surface area contributed by atoms with Gasteiger partial charge in [0.1, 0.15) is 6.10 Å². The van der Waals surface area contributed by atoms with Crippen molar-refractivity contribution in [3.63, 3.8) is 0 Å². The fourth-order valence-corrected chi connectivity index (χ4v) is 2.61. The molecule has 0 unspecified atom stereocenters. The lowest BCUT2D eigenvalue weighted by atomic mass is 10.0. The maximum absolute atomic E-state index is 5.73. The number of nitrogens with one attached hydrogen (secondary N) is 1. The largest absolute Gasteiger partial charge is 0.368 e. The van der Waals surface area contributed by atoms with Gasteiger partial charge in [-0.1, -0.05) is 5.16 Å². The molecular formula is C14H20N4O2. The van der Waals surface area contributed by atoms with Gasteiger partial charge in [0.2, 0.25) is 0 Å². The van der Waals surface area contributed by atoms with Gasteiger partial charge in [-0.05, 0) is 25.5 Å². The molecule has 6 nitrogen and oxygen atoms in total. The first-order chi connectivity index (χ1) is 9.74. The standard InChI is InChI=1S/C14H20N4O2/c1-10-16-14(20-17-10)13-11(5-7-19-13)8-15-9-12-4-3-6-18(12)2/h3-4,6,11,13,15H,5,7-9H2,1-2H3/t11-,13-/m0/s1. The van der Waals surface area contributed by atoms with Gasteiger partial charge in [0.15, 0.2) is 5.82 Å². The van der Waals surface area contributed by atoms with Crippen molar-refractivity contribution in [3.05, 3.63) is 35.7 Å². The Kier molecular flexibility index (Phi) is 3.84. The lowest BCUT2D eigenvalue weighted by Crippen LogP contribution is -2.25. The summed E-state index contributed by atoms with van der Waals surface area (Å²) in [6, 6.07) is 4.18. The minimum absolute atomic E-state index is 0.0721. The van der Waals surface area contributed by atoms with Gasteiger partial charge in [-0.15, -0.1) is 0 Å². The van der Waals surface area contributed by atoms with E-state index in [1.54, 1.807) is 0 Å². The van der Waals surface area contributed by atoms with Crippen LogP contribution in [0.2, 0.25) is 0 Å². The second kappa shape index (κ2) is 5.76. The molecule has 0 aromatic carbocycles. The zero-order chi connectivity index (χ0) is 13.9. The summed E-state index contributed by atoms with van der Waals surface area (Å²) in [5.74, 6) is 1.65. The van der Waals surface area contributed by atoms with E-state index in [-0.39, 0.29) is 6.10 Å². The average molecular weight is 276 g/mol. The van der Waals surface area contributed by atoms with E-state index in [0.717, 1.165) is 26.1 Å². The van der Waals surface area contributed by atoms with Crippen molar-refractivity contribution >= 4 is 0 Å². The smallest absolute Gasteiger partial charge is 0.256 e. The van der Waals surface area contributed by atoms with Crippen molar-refractivity contribution in [3.8, 4) is 0 Å². The van der Waals surface area contributed by atoms with Crippen molar-refractivity contribution in [1.29, 1.82) is 0 Å². The van der Waals surface area contributed by atoms with E-state index < -0.39 is 0 Å². The molecule has 6 heteroatoms. The number of aryl methyl sites for hydroxylation is 2. The summed E-state index contributed by atoms with van der Waals surface area (Å²) in [5.41, 5.74) is 1.27. The summed E-state index contributed by atoms with van der Waals surface area (Å²) >= 11 is 0. The molecule has 1 saturated heterocycles. The quantitative estimate of drug-likeness (QED) is 0.898. The Bertz CT molecular complexity index is 563. The van der Waals surface area contributed by atoms with Gasteiger partial charge in [-0.2, -0.15) is 4.98 Å². The first kappa shape index (κ1) is 13.3. The highest BCUT2D eigenvalue weighted by molar-refractivity contribution is 5.06. The van der Waals surface area contributed by atoms with Crippen LogP contribution in [0.4, 0.5) is 0 Å². The maximum Gasteiger partial charge on any atom is 0.256 e. The zero-order valence-electron chi connectivity index (χ0n) is 11.9. The number of rotatable bonds is 5. The Morgan fingerprint density at radius 3 is 3.10 bits per heavy atom. The highest BCUT2D eigenvalue weighted by atomic mass is 16.5. The van der Waals surface area contributed by atoms with Crippen molar-refractivity contribution in [2.24, 2.45) is 13.0 Å². The summed E-state index contributed by atoms with van der Waals surface area (Å²) in [6.07, 6.45) is 3.00. The molecule has 0 aliphatic carbocycles. The summed E-state index contributed by atoms with van der Waals surface area (Å²) in [4.78, 5) is 4.28. The normalized spacial score (nSPS) is 22.5. The van der Waals surface area contributed by atoms with Crippen LogP contribution in [0.5, 0.6) is 0 Å². The van der Waals surface area contributed by atoms with E-state index in [9.17, 15) is 0 Å². The predicted molar refractivity (Wildman–Crippen MR) is 73.0 cm³/mol. The fourth-order valence-electron chi connectivity index (χ4n) is 2.61. The Labute approximate surface area is 118 Å². The Hall–Kier alpha value is -1.66. The van der Waals surface area contributed by atoms with Crippen LogP contribution in [0.25, 0.3) is 0 Å². The zero-order valence-corrected chi connectivity index (χ0v) is 11.9. The van der Waals surface area contributed by atoms with Gasteiger partial charge in [0, 0.05) is 44.6 Å². The topological polar surface area (TPSA) is 65.1 Å². The predicted octanol–water partition coefficient (Wildman–Crippen LogP) is 1.58. The molecule has 20 heavy (non-hydrogen) atoms. The molecule has 1 N–H and O–H groups in total. The van der Waals surface area contributed by atoms with Crippen LogP contribution in [-0.4, -0.2) is 27.9 Å². The van der Waals surface area contributed by atoms with Crippen LogP contribution in [0.15, 0.2) is 22.9 Å². The first-order valence-electron chi connectivity index (χ1n) is 6.97. The van der Waals surface area contributed by atoms with Crippen LogP contribution < -0.4 is 5.32 Å². The van der Waals surface area contributed by atoms with E-state index in [1.165, 1.54) is 5.69 Å². The molecule has 3 rings (SSSR count). The van der Waals surface area contributed by atoms with E-state index in [1.807, 2.05) is 6.92 Å². The Morgan fingerprint density at radius 1 is 1.50 bits per heavy atom. The maximum atomic E-state index is 5.73. The van der Waals surface area contributed by atoms with Crippen LogP contribution in [-0.2, 0) is 18.3 Å². The molecule has 3 heterocycles. The molecule has 0 spiro atoms. The van der Waals surface area contributed by atoms with E-state index in [0.29, 0.717) is 17.6 Å². The molecule has 0 amide bonds. The first-order valence-corrected chi connectivity index (χ1v) is 6.97. The fraction of sp³-hybridized carbons (Fsp3) is 0.571. The highest BCUT2D eigenvalue weighted by Crippen LogP contribution is 2.33. The molecule has 2 atom stereocenters. The molecule has 1 aliphatic heterocycles. The van der Waals surface area contributed by atoms with Crippen molar-refractivity contribution < 1.29 is 9.26 Å². The molecule has 0 saturated carbocycles. The summed E-state index contributed by atoms with van der Waals surface area (Å²) in [7, 11) is 2.06. The number of ether oxygens (including phenoxy) is 1. The third-order valence-electron chi connectivity index (χ3n) is 3.76. The van der Waals surface area contributed by atoms with E-state index in [4.69, 9.17) is 9.26 Å². The lowest BCUT2D eigenvalue weighted by Gasteiger charge is -2.15. The number of hydrogen-bond acceptors (Lipinski definition) is 5. The highest BCUT2D eigenvalue weighted by Gasteiger charge is 2.33. The molecule has 0 bridgehead atoms. The van der Waals surface area contributed by atoms with Gasteiger partial charge < -0.3 is 19.1 Å². The SMILES string of the molecule is Cc1noc([C@H]2OCC[C@H]2CNCc2cccn2C)n1. The molecule has 1 fully saturated rings. The third-order valence-corrected chi connectivity index (χ3v) is 3.76. The van der Waals surface area contributed by atoms with Gasteiger partial charge in [-0.25, -0.2) is 0 Å². The Balaban J connectivity index is 1.55. The van der Waals surface area contributed by atoms with Gasteiger partial charge in [0.25, 0.3) is 5.89 Å². The lowest BCUT2D eigenvalue weighted by molar-refractivity contribution is 0.0623. The molecule has 2 aromatic rings. The van der Waals surface area contributed by atoms with Gasteiger partial charge in [-0.3, -0.25) is 0 Å². The third kappa shape index (κ3) is 2.76. The minimum atomic E-state index is -0.0721. The molecule has 108 valence electrons. The number of nitrogens with zero attached hydrogens (tertiary/aromatic N) is 3. The van der Waals surface area contributed by atoms with Crippen molar-refractivity contribution in [2.75, 3.05) is 13.2 Å². The van der Waals surface area contributed by atoms with Crippen LogP contribution in [0.3, 0.4) is 0 Å². The second-order valence-corrected chi connectivity index (χ2v) is 5.26. The van der Waals surface area contributed by atoms with Gasteiger partial charge >= 0.3 is 0 Å². The average Bonchev–Trinajstić information content (AvgIpc) is 3.12. The summed E-state index contributed by atoms with van der Waals surface area (Å²) < 4.78 is 13.1. The number of hydrogen-bond donors (Lipinski definition) is 1. The second-order valence-electron chi connectivity index (χ2n) is 5.26. The molecular weight excluding hydrogens is 256 g/mol. The summed E-state index contributed by atoms with van der Waals surface area (Å²) in [5, 5.41) is 7.32. The van der Waals surface area contributed by atoms with Gasteiger partial charge in [0.05, 0.1) is 0 Å². The van der Waals surface area contributed by atoms with Crippen molar-refractivity contribution in [1.82, 2.24) is 20.0 Å².